The normalized spacial score (nSPS) is 10.5. The van der Waals surface area contributed by atoms with E-state index in [9.17, 15) is 14.9 Å². The van der Waals surface area contributed by atoms with Gasteiger partial charge in [-0.3, -0.25) is 10.1 Å². The van der Waals surface area contributed by atoms with Gasteiger partial charge in [0, 0.05) is 6.07 Å². The average Bonchev–Trinajstić information content (AvgIpc) is 2.48. The van der Waals surface area contributed by atoms with Crippen molar-refractivity contribution in [3.05, 3.63) is 38.7 Å². The molecule has 0 amide bonds. The zero-order chi connectivity index (χ0) is 9.42. The first kappa shape index (κ1) is 7.93. The van der Waals surface area contributed by atoms with Gasteiger partial charge in [-0.2, -0.15) is 0 Å². The fraction of sp³-hybridized carbons (Fsp3) is 0. The monoisotopic (exact) mass is 197 g/mol. The first-order chi connectivity index (χ1) is 6.20. The number of fused-ring (bicyclic) bond motifs is 1. The number of nitro groups is 1. The molecule has 0 atom stereocenters. The first-order valence-corrected chi connectivity index (χ1v) is 4.10. The summed E-state index contributed by atoms with van der Waals surface area (Å²) in [6.07, 6.45) is 0. The highest BCUT2D eigenvalue weighted by molar-refractivity contribution is 7.11. The Morgan fingerprint density at radius 2 is 2.23 bits per heavy atom. The summed E-state index contributed by atoms with van der Waals surface area (Å²) in [7, 11) is 0. The smallest absolute Gasteiger partial charge is 0.356 e. The molecule has 0 aliphatic heterocycles. The average molecular weight is 197 g/mol. The summed E-state index contributed by atoms with van der Waals surface area (Å²) in [5, 5.41) is 10.8. The van der Waals surface area contributed by atoms with Gasteiger partial charge in [0.05, 0.1) is 21.9 Å². The molecule has 0 N–H and O–H groups in total. The van der Waals surface area contributed by atoms with E-state index in [1.807, 2.05) is 0 Å². The number of hydrogen-bond acceptors (Lipinski definition) is 5. The van der Waals surface area contributed by atoms with Crippen LogP contribution < -0.4 is 5.63 Å². The van der Waals surface area contributed by atoms with Crippen molar-refractivity contribution in [1.29, 1.82) is 0 Å². The van der Waals surface area contributed by atoms with Crippen LogP contribution >= 0.6 is 11.6 Å². The molecule has 1 aromatic heterocycles. The van der Waals surface area contributed by atoms with Gasteiger partial charge >= 0.3 is 5.63 Å². The molecular formula is C7H3NO4S. The van der Waals surface area contributed by atoms with Gasteiger partial charge in [-0.1, -0.05) is 6.07 Å². The van der Waals surface area contributed by atoms with Gasteiger partial charge in [0.2, 0.25) is 0 Å². The van der Waals surface area contributed by atoms with Gasteiger partial charge in [0.15, 0.2) is 4.70 Å². The Bertz CT molecular complexity index is 527. The van der Waals surface area contributed by atoms with Crippen LogP contribution in [0, 0.1) is 10.1 Å². The maximum atomic E-state index is 11.0. The molecule has 2 aromatic rings. The van der Waals surface area contributed by atoms with Crippen molar-refractivity contribution in [2.24, 2.45) is 0 Å². The molecule has 2 rings (SSSR count). The van der Waals surface area contributed by atoms with Gasteiger partial charge in [-0.05, 0) is 6.07 Å². The van der Waals surface area contributed by atoms with Crippen LogP contribution in [0.15, 0.2) is 26.8 Å². The molecule has 1 heterocycles. The third kappa shape index (κ3) is 1.11. The number of nitro benzene ring substituents is 1. The molecule has 66 valence electrons. The summed E-state index contributed by atoms with van der Waals surface area (Å²) < 4.78 is 4.88. The lowest BCUT2D eigenvalue weighted by Crippen LogP contribution is -1.92. The number of hydrogen-bond donors (Lipinski definition) is 0. The van der Waals surface area contributed by atoms with E-state index in [4.69, 9.17) is 0 Å². The van der Waals surface area contributed by atoms with E-state index < -0.39 is 10.5 Å². The highest BCUT2D eigenvalue weighted by Gasteiger charge is 2.15. The molecule has 0 saturated carbocycles. The van der Waals surface area contributed by atoms with E-state index in [1.54, 1.807) is 0 Å². The molecule has 0 spiro atoms. The second-order valence-corrected chi connectivity index (χ2v) is 3.11. The predicted molar refractivity (Wildman–Crippen MR) is 47.0 cm³/mol. The maximum Gasteiger partial charge on any atom is 0.356 e. The van der Waals surface area contributed by atoms with Crippen molar-refractivity contribution < 1.29 is 8.77 Å². The van der Waals surface area contributed by atoms with Gasteiger partial charge < -0.3 is 3.85 Å². The Morgan fingerprint density at radius 3 is 2.92 bits per heavy atom. The molecule has 0 fully saturated rings. The predicted octanol–water partition coefficient (Wildman–Crippen LogP) is 1.76. The summed E-state index contributed by atoms with van der Waals surface area (Å²) >= 11 is 0.740. The third-order valence-electron chi connectivity index (χ3n) is 1.61. The molecular weight excluding hydrogens is 194 g/mol. The number of benzene rings is 1. The largest absolute Gasteiger partial charge is 0.361 e. The molecule has 0 aliphatic carbocycles. The fourth-order valence-electron chi connectivity index (χ4n) is 1.04. The van der Waals surface area contributed by atoms with Gasteiger partial charge in [0.1, 0.15) is 0 Å². The third-order valence-corrected chi connectivity index (χ3v) is 2.44. The molecule has 0 aliphatic rings. The van der Waals surface area contributed by atoms with Crippen LogP contribution in [0.5, 0.6) is 0 Å². The van der Waals surface area contributed by atoms with E-state index in [0.717, 1.165) is 11.6 Å². The molecule has 1 aromatic carbocycles. The Kier molecular flexibility index (Phi) is 1.63. The van der Waals surface area contributed by atoms with Gasteiger partial charge in [-0.25, -0.2) is 4.79 Å². The molecule has 0 saturated heterocycles. The second-order valence-electron chi connectivity index (χ2n) is 2.37. The maximum absolute atomic E-state index is 11.0. The standard InChI is InChI=1S/C7H3NO4S/c9-7-4-2-1-3-5(8(10)11)6(4)13-12-7/h1-3H. The van der Waals surface area contributed by atoms with Crippen LogP contribution in [-0.2, 0) is 0 Å². The zero-order valence-electron chi connectivity index (χ0n) is 6.22. The lowest BCUT2D eigenvalue weighted by atomic mass is 10.2. The van der Waals surface area contributed by atoms with Crippen molar-refractivity contribution in [3.63, 3.8) is 0 Å². The van der Waals surface area contributed by atoms with Crippen molar-refractivity contribution in [2.45, 2.75) is 0 Å². The van der Waals surface area contributed by atoms with Crippen molar-refractivity contribution >= 4 is 27.4 Å². The number of non-ortho nitro benzene ring substituents is 1. The summed E-state index contributed by atoms with van der Waals surface area (Å²) in [6.45, 7) is 0. The van der Waals surface area contributed by atoms with Crippen LogP contribution in [-0.4, -0.2) is 4.92 Å². The molecule has 0 radical (unpaired) electrons. The van der Waals surface area contributed by atoms with E-state index in [1.165, 1.54) is 18.2 Å². The minimum atomic E-state index is -0.534. The van der Waals surface area contributed by atoms with Crippen LogP contribution in [0.2, 0.25) is 0 Å². The summed E-state index contributed by atoms with van der Waals surface area (Å²) in [5.74, 6) is 0. The number of nitrogens with zero attached hydrogens (tertiary/aromatic N) is 1. The lowest BCUT2D eigenvalue weighted by molar-refractivity contribution is -0.382. The van der Waals surface area contributed by atoms with Gasteiger partial charge in [0.25, 0.3) is 5.69 Å². The van der Waals surface area contributed by atoms with E-state index >= 15 is 0 Å². The Morgan fingerprint density at radius 1 is 1.46 bits per heavy atom. The van der Waals surface area contributed by atoms with Crippen LogP contribution in [0.4, 0.5) is 5.69 Å². The van der Waals surface area contributed by atoms with Crippen LogP contribution in [0.1, 0.15) is 0 Å². The number of rotatable bonds is 1. The summed E-state index contributed by atoms with van der Waals surface area (Å²) in [6, 6.07) is 4.31. The lowest BCUT2D eigenvalue weighted by Gasteiger charge is -1.88. The van der Waals surface area contributed by atoms with E-state index in [2.05, 4.69) is 3.85 Å². The first-order valence-electron chi connectivity index (χ1n) is 3.36. The zero-order valence-corrected chi connectivity index (χ0v) is 7.04. The quantitative estimate of drug-likeness (QED) is 0.515. The summed E-state index contributed by atoms with van der Waals surface area (Å²) in [5.41, 5.74) is -0.614. The summed E-state index contributed by atoms with van der Waals surface area (Å²) in [4.78, 5) is 20.9. The fourth-order valence-corrected chi connectivity index (χ4v) is 1.76. The second kappa shape index (κ2) is 2.67. The Hall–Kier alpha value is -1.69. The molecule has 0 bridgehead atoms. The van der Waals surface area contributed by atoms with Crippen molar-refractivity contribution in [2.75, 3.05) is 0 Å². The molecule has 0 unspecified atom stereocenters. The Labute approximate surface area is 75.6 Å². The van der Waals surface area contributed by atoms with Gasteiger partial charge in [-0.15, -0.1) is 0 Å². The molecule has 6 heteroatoms. The van der Waals surface area contributed by atoms with E-state index in [0.29, 0.717) is 0 Å². The highest BCUT2D eigenvalue weighted by Crippen LogP contribution is 2.26. The van der Waals surface area contributed by atoms with Crippen molar-refractivity contribution in [1.82, 2.24) is 0 Å². The Balaban J connectivity index is 2.92. The molecule has 5 nitrogen and oxygen atoms in total. The van der Waals surface area contributed by atoms with Crippen LogP contribution in [0.25, 0.3) is 10.1 Å². The van der Waals surface area contributed by atoms with E-state index in [-0.39, 0.29) is 15.8 Å². The highest BCUT2D eigenvalue weighted by atomic mass is 32.1. The van der Waals surface area contributed by atoms with Crippen molar-refractivity contribution in [3.8, 4) is 0 Å². The minimum Gasteiger partial charge on any atom is -0.361 e. The van der Waals surface area contributed by atoms with Crippen LogP contribution in [0.3, 0.4) is 0 Å². The minimum absolute atomic E-state index is 0.0895. The topological polar surface area (TPSA) is 73.3 Å². The SMILES string of the molecule is O=c1osc2c([N+](=O)[O-])cccc12. The molecule has 13 heavy (non-hydrogen) atoms.